The van der Waals surface area contributed by atoms with Crippen LogP contribution in [0.15, 0.2) is 71.9 Å². The predicted octanol–water partition coefficient (Wildman–Crippen LogP) is 6.02. The number of aromatic nitrogens is 3. The smallest absolute Gasteiger partial charge is 0.182 e. The zero-order chi connectivity index (χ0) is 18.1. The van der Waals surface area contributed by atoms with Gasteiger partial charge < -0.3 is 4.57 Å². The molecule has 6 heteroatoms. The summed E-state index contributed by atoms with van der Waals surface area (Å²) in [5.74, 6) is -0.317. The Bertz CT molecular complexity index is 1100. The number of hydrogen-bond donors (Lipinski definition) is 0. The van der Waals surface area contributed by atoms with Gasteiger partial charge in [-0.15, -0.1) is 0 Å². The highest BCUT2D eigenvalue weighted by molar-refractivity contribution is 9.11. The summed E-state index contributed by atoms with van der Waals surface area (Å²) >= 11 is 2.87. The Labute approximate surface area is 156 Å². The highest BCUT2D eigenvalue weighted by atomic mass is 79.9. The third-order valence-corrected chi connectivity index (χ3v) is 4.28. The van der Waals surface area contributed by atoms with E-state index >= 15 is 0 Å². The molecule has 3 heterocycles. The second-order valence-electron chi connectivity index (χ2n) is 5.63. The van der Waals surface area contributed by atoms with Crippen LogP contribution in [-0.4, -0.2) is 14.5 Å². The summed E-state index contributed by atoms with van der Waals surface area (Å²) in [4.78, 5) is 8.55. The first-order chi connectivity index (χ1) is 12.6. The number of fused-ring (bicyclic) bond motifs is 1. The number of benzene rings is 1. The van der Waals surface area contributed by atoms with E-state index in [1.165, 1.54) is 18.3 Å². The number of halogens is 3. The summed E-state index contributed by atoms with van der Waals surface area (Å²) in [6.07, 6.45) is 6.39. The van der Waals surface area contributed by atoms with Crippen molar-refractivity contribution in [3.63, 3.8) is 0 Å². The molecular formula is C20H12BrF2N3. The monoisotopic (exact) mass is 411 g/mol. The molecule has 0 radical (unpaired) electrons. The van der Waals surface area contributed by atoms with Gasteiger partial charge in [0.1, 0.15) is 5.82 Å². The Balaban J connectivity index is 2.15. The minimum absolute atomic E-state index is 0.317. The summed E-state index contributed by atoms with van der Waals surface area (Å²) < 4.78 is 28.4. The van der Waals surface area contributed by atoms with Crippen LogP contribution in [0.4, 0.5) is 8.78 Å². The van der Waals surface area contributed by atoms with E-state index in [4.69, 9.17) is 0 Å². The molecule has 26 heavy (non-hydrogen) atoms. The van der Waals surface area contributed by atoms with E-state index in [0.29, 0.717) is 5.52 Å². The SMILES string of the molecule is F/C(Br)=C/n1c(-c2ccncc2)c(-c2ccc(F)cc2)c2ncccc21. The lowest BCUT2D eigenvalue weighted by atomic mass is 10.0. The fourth-order valence-electron chi connectivity index (χ4n) is 3.05. The fourth-order valence-corrected chi connectivity index (χ4v) is 3.26. The predicted molar refractivity (Wildman–Crippen MR) is 103 cm³/mol. The van der Waals surface area contributed by atoms with Crippen LogP contribution in [0.3, 0.4) is 0 Å². The van der Waals surface area contributed by atoms with E-state index in [1.807, 2.05) is 18.2 Å². The van der Waals surface area contributed by atoms with E-state index in [2.05, 4.69) is 25.9 Å². The Hall–Kier alpha value is -2.86. The lowest BCUT2D eigenvalue weighted by molar-refractivity contribution is 0.628. The van der Waals surface area contributed by atoms with Crippen LogP contribution in [0.5, 0.6) is 0 Å². The molecule has 0 aliphatic carbocycles. The zero-order valence-corrected chi connectivity index (χ0v) is 15.0. The topological polar surface area (TPSA) is 30.7 Å². The summed E-state index contributed by atoms with van der Waals surface area (Å²) in [5.41, 5.74) is 4.65. The van der Waals surface area contributed by atoms with Crippen molar-refractivity contribution < 1.29 is 8.78 Å². The third kappa shape index (κ3) is 2.93. The minimum atomic E-state index is -0.515. The molecule has 3 aromatic heterocycles. The maximum atomic E-state index is 13.8. The Morgan fingerprint density at radius 3 is 2.38 bits per heavy atom. The van der Waals surface area contributed by atoms with Gasteiger partial charge in [0, 0.05) is 29.7 Å². The van der Waals surface area contributed by atoms with Gasteiger partial charge in [0.15, 0.2) is 4.74 Å². The van der Waals surface area contributed by atoms with Crippen LogP contribution in [-0.2, 0) is 0 Å². The molecule has 0 aliphatic heterocycles. The van der Waals surface area contributed by atoms with Crippen molar-refractivity contribution in [1.29, 1.82) is 0 Å². The first-order valence-electron chi connectivity index (χ1n) is 7.83. The number of hydrogen-bond acceptors (Lipinski definition) is 2. The Morgan fingerprint density at radius 1 is 0.962 bits per heavy atom. The standard InChI is InChI=1S/C20H12BrF2N3/c21-17(23)12-26-16-2-1-9-25-19(16)18(13-3-5-15(22)6-4-13)20(26)14-7-10-24-11-8-14/h1-12H/b17-12+. The highest BCUT2D eigenvalue weighted by Crippen LogP contribution is 2.40. The van der Waals surface area contributed by atoms with Gasteiger partial charge in [-0.2, -0.15) is 4.39 Å². The van der Waals surface area contributed by atoms with Gasteiger partial charge in [0.25, 0.3) is 0 Å². The van der Waals surface area contributed by atoms with E-state index < -0.39 is 4.74 Å². The number of pyridine rings is 2. The van der Waals surface area contributed by atoms with Gasteiger partial charge >= 0.3 is 0 Å². The molecule has 0 unspecified atom stereocenters. The van der Waals surface area contributed by atoms with Gasteiger partial charge in [-0.3, -0.25) is 9.97 Å². The minimum Gasteiger partial charge on any atom is -0.310 e. The van der Waals surface area contributed by atoms with Crippen molar-refractivity contribution in [2.45, 2.75) is 0 Å². The highest BCUT2D eigenvalue weighted by Gasteiger charge is 2.20. The third-order valence-electron chi connectivity index (χ3n) is 4.07. The maximum Gasteiger partial charge on any atom is 0.182 e. The van der Waals surface area contributed by atoms with Crippen molar-refractivity contribution in [1.82, 2.24) is 14.5 Å². The van der Waals surface area contributed by atoms with Gasteiger partial charge in [-0.25, -0.2) is 4.39 Å². The zero-order valence-electron chi connectivity index (χ0n) is 13.4. The lowest BCUT2D eigenvalue weighted by Gasteiger charge is -2.09. The van der Waals surface area contributed by atoms with Crippen molar-refractivity contribution in [3.05, 3.63) is 77.7 Å². The molecule has 0 amide bonds. The molecule has 0 aliphatic rings. The van der Waals surface area contributed by atoms with Crippen LogP contribution in [0.2, 0.25) is 0 Å². The second kappa shape index (κ2) is 6.80. The van der Waals surface area contributed by atoms with Gasteiger partial charge in [-0.05, 0) is 57.9 Å². The van der Waals surface area contributed by atoms with Gasteiger partial charge in [-0.1, -0.05) is 12.1 Å². The molecule has 0 atom stereocenters. The quantitative estimate of drug-likeness (QED) is 0.412. The van der Waals surface area contributed by atoms with Crippen molar-refractivity contribution in [3.8, 4) is 22.4 Å². The summed E-state index contributed by atoms with van der Waals surface area (Å²) in [7, 11) is 0. The number of rotatable bonds is 3. The molecule has 4 rings (SSSR count). The van der Waals surface area contributed by atoms with Crippen molar-refractivity contribution >= 4 is 33.2 Å². The summed E-state index contributed by atoms with van der Waals surface area (Å²) in [6.45, 7) is 0. The lowest BCUT2D eigenvalue weighted by Crippen LogP contribution is -1.92. The van der Waals surface area contributed by atoms with E-state index in [1.54, 1.807) is 41.4 Å². The second-order valence-corrected chi connectivity index (χ2v) is 6.38. The molecule has 3 nitrogen and oxygen atoms in total. The number of nitrogens with zero attached hydrogens (tertiary/aromatic N) is 3. The first-order valence-corrected chi connectivity index (χ1v) is 8.62. The van der Waals surface area contributed by atoms with E-state index in [-0.39, 0.29) is 5.82 Å². The van der Waals surface area contributed by atoms with E-state index in [0.717, 1.165) is 27.9 Å². The van der Waals surface area contributed by atoms with Crippen molar-refractivity contribution in [2.75, 3.05) is 0 Å². The van der Waals surface area contributed by atoms with Crippen LogP contribution in [0.1, 0.15) is 0 Å². The molecule has 1 aromatic carbocycles. The van der Waals surface area contributed by atoms with Crippen LogP contribution >= 0.6 is 15.9 Å². The molecule has 128 valence electrons. The van der Waals surface area contributed by atoms with Crippen LogP contribution in [0, 0.1) is 5.82 Å². The molecule has 0 bridgehead atoms. The molecule has 4 aromatic rings. The van der Waals surface area contributed by atoms with Gasteiger partial charge in [0.05, 0.1) is 22.9 Å². The Morgan fingerprint density at radius 2 is 1.69 bits per heavy atom. The fraction of sp³-hybridized carbons (Fsp3) is 0. The average Bonchev–Trinajstić information content (AvgIpc) is 2.97. The molecule has 0 spiro atoms. The largest absolute Gasteiger partial charge is 0.310 e. The normalized spacial score (nSPS) is 11.9. The van der Waals surface area contributed by atoms with Gasteiger partial charge in [0.2, 0.25) is 0 Å². The summed E-state index contributed by atoms with van der Waals surface area (Å²) in [6, 6.07) is 13.5. The van der Waals surface area contributed by atoms with Crippen LogP contribution < -0.4 is 0 Å². The van der Waals surface area contributed by atoms with Crippen molar-refractivity contribution in [2.24, 2.45) is 0 Å². The average molecular weight is 412 g/mol. The van der Waals surface area contributed by atoms with E-state index in [9.17, 15) is 8.78 Å². The summed E-state index contributed by atoms with van der Waals surface area (Å²) in [5, 5.41) is 0. The molecule has 0 saturated carbocycles. The Kier molecular flexibility index (Phi) is 4.34. The molecule has 0 N–H and O–H groups in total. The molecule has 0 saturated heterocycles. The van der Waals surface area contributed by atoms with Crippen LogP contribution in [0.25, 0.3) is 39.6 Å². The molecular weight excluding hydrogens is 400 g/mol. The first kappa shape index (κ1) is 16.6. The maximum absolute atomic E-state index is 13.8. The molecule has 0 fully saturated rings.